The summed E-state index contributed by atoms with van der Waals surface area (Å²) in [5.74, 6) is 0.856. The van der Waals surface area contributed by atoms with Gasteiger partial charge in [0, 0.05) is 36.7 Å². The Morgan fingerprint density at radius 3 is 3.12 bits per heavy atom. The first-order valence-electron chi connectivity index (χ1n) is 5.61. The first-order valence-corrected chi connectivity index (χ1v) is 8.10. The summed E-state index contributed by atoms with van der Waals surface area (Å²) in [5, 5.41) is 0.302. The van der Waals surface area contributed by atoms with E-state index in [1.54, 1.807) is 11.2 Å². The van der Waals surface area contributed by atoms with Crippen molar-refractivity contribution in [3.63, 3.8) is 0 Å². The molecule has 0 bridgehead atoms. The van der Waals surface area contributed by atoms with Crippen molar-refractivity contribution in [3.8, 4) is 0 Å². The van der Waals surface area contributed by atoms with Gasteiger partial charge in [-0.15, -0.1) is 0 Å². The Balaban J connectivity index is 2.13. The minimum Gasteiger partial charge on any atom is -0.380 e. The second-order valence-electron chi connectivity index (χ2n) is 3.95. The minimum atomic E-state index is -3.29. The predicted molar refractivity (Wildman–Crippen MR) is 64.8 cm³/mol. The zero-order valence-corrected chi connectivity index (χ0v) is 11.0. The second kappa shape index (κ2) is 5.22. The summed E-state index contributed by atoms with van der Waals surface area (Å²) in [7, 11) is -3.29. The van der Waals surface area contributed by atoms with Gasteiger partial charge >= 0.3 is 0 Å². The zero-order valence-electron chi connectivity index (χ0n) is 9.39. The Bertz CT molecular complexity index is 332. The van der Waals surface area contributed by atoms with E-state index in [2.05, 4.69) is 4.72 Å². The van der Waals surface area contributed by atoms with Crippen molar-refractivity contribution >= 4 is 22.0 Å². The predicted octanol–water partition coefficient (Wildman–Crippen LogP) is 0.0470. The molecule has 0 aromatic rings. The van der Waals surface area contributed by atoms with Crippen LogP contribution in [0.1, 0.15) is 13.3 Å². The van der Waals surface area contributed by atoms with E-state index < -0.39 is 10.2 Å². The van der Waals surface area contributed by atoms with E-state index in [9.17, 15) is 8.42 Å². The van der Waals surface area contributed by atoms with E-state index in [0.717, 1.165) is 12.2 Å². The van der Waals surface area contributed by atoms with Gasteiger partial charge in [0.25, 0.3) is 10.2 Å². The monoisotopic (exact) mass is 266 g/mol. The van der Waals surface area contributed by atoms with Crippen LogP contribution in [0.2, 0.25) is 0 Å². The second-order valence-corrected chi connectivity index (χ2v) is 7.01. The molecule has 2 rings (SSSR count). The average Bonchev–Trinajstić information content (AvgIpc) is 2.28. The average molecular weight is 266 g/mol. The van der Waals surface area contributed by atoms with Crippen molar-refractivity contribution in [2.45, 2.75) is 24.6 Å². The first-order chi connectivity index (χ1) is 7.65. The number of ether oxygens (including phenoxy) is 1. The first kappa shape index (κ1) is 12.6. The van der Waals surface area contributed by atoms with Crippen LogP contribution in [0.15, 0.2) is 0 Å². The number of rotatable bonds is 3. The maximum atomic E-state index is 12.0. The van der Waals surface area contributed by atoms with E-state index in [-0.39, 0.29) is 6.04 Å². The highest BCUT2D eigenvalue weighted by atomic mass is 32.2. The molecule has 0 unspecified atom stereocenters. The van der Waals surface area contributed by atoms with Crippen LogP contribution in [-0.4, -0.2) is 56.1 Å². The van der Waals surface area contributed by atoms with Crippen molar-refractivity contribution in [1.82, 2.24) is 9.03 Å². The Kier molecular flexibility index (Phi) is 4.12. The van der Waals surface area contributed by atoms with Crippen molar-refractivity contribution in [2.24, 2.45) is 0 Å². The van der Waals surface area contributed by atoms with Crippen molar-refractivity contribution in [3.05, 3.63) is 0 Å². The Morgan fingerprint density at radius 1 is 1.56 bits per heavy atom. The fraction of sp³-hybridized carbons (Fsp3) is 1.00. The Hall–Kier alpha value is 0.180. The molecule has 2 saturated heterocycles. The quantitative estimate of drug-likeness (QED) is 0.784. The maximum Gasteiger partial charge on any atom is 0.279 e. The van der Waals surface area contributed by atoms with Crippen LogP contribution in [0.4, 0.5) is 0 Å². The lowest BCUT2D eigenvalue weighted by Gasteiger charge is -2.42. The fourth-order valence-electron chi connectivity index (χ4n) is 2.21. The van der Waals surface area contributed by atoms with Gasteiger partial charge in [0.1, 0.15) is 0 Å². The van der Waals surface area contributed by atoms with Gasteiger partial charge in [-0.2, -0.15) is 24.5 Å². The summed E-state index contributed by atoms with van der Waals surface area (Å²) in [6.45, 7) is 4.20. The summed E-state index contributed by atoms with van der Waals surface area (Å²) >= 11 is 1.83. The van der Waals surface area contributed by atoms with Gasteiger partial charge in [-0.05, 0) is 6.42 Å². The summed E-state index contributed by atoms with van der Waals surface area (Å²) in [5.41, 5.74) is 0. The fourth-order valence-corrected chi connectivity index (χ4v) is 5.18. The number of hydrogen-bond acceptors (Lipinski definition) is 4. The lowest BCUT2D eigenvalue weighted by molar-refractivity contribution is 0.0622. The molecule has 0 spiro atoms. The molecule has 0 aliphatic carbocycles. The highest BCUT2D eigenvalue weighted by Crippen LogP contribution is 2.31. The maximum absolute atomic E-state index is 12.0. The Morgan fingerprint density at radius 2 is 2.38 bits per heavy atom. The number of fused-ring (bicyclic) bond motifs is 1. The number of hydrogen-bond donors (Lipinski definition) is 1. The van der Waals surface area contributed by atoms with E-state index >= 15 is 0 Å². The topological polar surface area (TPSA) is 58.6 Å². The summed E-state index contributed by atoms with van der Waals surface area (Å²) in [6, 6.07) is 0.108. The van der Waals surface area contributed by atoms with Crippen LogP contribution in [0.25, 0.3) is 0 Å². The van der Waals surface area contributed by atoms with Gasteiger partial charge < -0.3 is 4.74 Å². The SMILES string of the molecule is CCNS(=O)(=O)N1CCS[C@H]2COCC[C@H]21. The summed E-state index contributed by atoms with van der Waals surface area (Å²) in [4.78, 5) is 0. The molecule has 2 aliphatic rings. The third kappa shape index (κ3) is 2.53. The normalized spacial score (nSPS) is 32.3. The molecular formula is C9H18N2O3S2. The van der Waals surface area contributed by atoms with E-state index in [4.69, 9.17) is 4.74 Å². The third-order valence-electron chi connectivity index (χ3n) is 2.92. The van der Waals surface area contributed by atoms with Crippen molar-refractivity contribution in [1.29, 1.82) is 0 Å². The van der Waals surface area contributed by atoms with Gasteiger partial charge in [-0.3, -0.25) is 0 Å². The molecule has 7 heteroatoms. The molecular weight excluding hydrogens is 248 g/mol. The molecule has 0 aromatic carbocycles. The minimum absolute atomic E-state index is 0.108. The van der Waals surface area contributed by atoms with E-state index in [0.29, 0.717) is 31.6 Å². The van der Waals surface area contributed by atoms with E-state index in [1.807, 2.05) is 11.8 Å². The molecule has 2 fully saturated rings. The molecule has 94 valence electrons. The lowest BCUT2D eigenvalue weighted by atomic mass is 10.1. The largest absolute Gasteiger partial charge is 0.380 e. The van der Waals surface area contributed by atoms with Crippen molar-refractivity contribution < 1.29 is 13.2 Å². The molecule has 2 aliphatic heterocycles. The zero-order chi connectivity index (χ0) is 11.6. The molecule has 16 heavy (non-hydrogen) atoms. The van der Waals surface area contributed by atoms with Crippen LogP contribution >= 0.6 is 11.8 Å². The molecule has 2 atom stereocenters. The number of nitrogens with zero attached hydrogens (tertiary/aromatic N) is 1. The molecule has 0 saturated carbocycles. The van der Waals surface area contributed by atoms with Gasteiger partial charge in [-0.1, -0.05) is 6.92 Å². The van der Waals surface area contributed by atoms with Crippen LogP contribution in [0.3, 0.4) is 0 Å². The van der Waals surface area contributed by atoms with Gasteiger partial charge in [0.05, 0.1) is 6.61 Å². The molecule has 0 radical (unpaired) electrons. The van der Waals surface area contributed by atoms with Crippen LogP contribution in [0, 0.1) is 0 Å². The molecule has 2 heterocycles. The molecule has 5 nitrogen and oxygen atoms in total. The summed E-state index contributed by atoms with van der Waals surface area (Å²) < 4.78 is 33.6. The van der Waals surface area contributed by atoms with Crippen molar-refractivity contribution in [2.75, 3.05) is 32.1 Å². The van der Waals surface area contributed by atoms with Gasteiger partial charge in [-0.25, -0.2) is 4.72 Å². The van der Waals surface area contributed by atoms with Gasteiger partial charge in [0.15, 0.2) is 0 Å². The van der Waals surface area contributed by atoms with E-state index in [1.165, 1.54) is 0 Å². The summed E-state index contributed by atoms with van der Waals surface area (Å²) in [6.07, 6.45) is 0.808. The van der Waals surface area contributed by atoms with Crippen LogP contribution in [-0.2, 0) is 14.9 Å². The molecule has 0 aromatic heterocycles. The molecule has 0 amide bonds. The number of thioether (sulfide) groups is 1. The van der Waals surface area contributed by atoms with Crippen LogP contribution in [0.5, 0.6) is 0 Å². The smallest absolute Gasteiger partial charge is 0.279 e. The highest BCUT2D eigenvalue weighted by Gasteiger charge is 2.39. The molecule has 1 N–H and O–H groups in total. The van der Waals surface area contributed by atoms with Gasteiger partial charge in [0.2, 0.25) is 0 Å². The van der Waals surface area contributed by atoms with Crippen LogP contribution < -0.4 is 4.72 Å². The standard InChI is InChI=1S/C9H18N2O3S2/c1-2-10-16(12,13)11-4-6-15-9-7-14-5-3-8(9)11/h8-10H,2-7H2,1H3/t8-,9+/m1/s1. The Labute approximate surface area is 101 Å². The third-order valence-corrected chi connectivity index (χ3v) is 5.94. The number of nitrogens with one attached hydrogen (secondary N) is 1. The highest BCUT2D eigenvalue weighted by molar-refractivity contribution is 8.00. The lowest BCUT2D eigenvalue weighted by Crippen LogP contribution is -2.56.